The molecule has 1 aliphatic rings. The van der Waals surface area contributed by atoms with Crippen molar-refractivity contribution in [2.45, 2.75) is 84.2 Å². The van der Waals surface area contributed by atoms with Crippen molar-refractivity contribution >= 4 is 5.97 Å². The van der Waals surface area contributed by atoms with Gasteiger partial charge in [0.05, 0.1) is 5.57 Å². The molecule has 5 heteroatoms. The molecule has 2 N–H and O–H groups in total. The summed E-state index contributed by atoms with van der Waals surface area (Å²) in [7, 11) is 0. The number of hydrogen-bond donors (Lipinski definition) is 2. The number of benzene rings is 1. The fraction of sp³-hybridized carbons (Fsp3) is 0.609. The van der Waals surface area contributed by atoms with Gasteiger partial charge in [-0.3, -0.25) is 4.89 Å². The summed E-state index contributed by atoms with van der Waals surface area (Å²) in [5.41, 5.74) is 0.592. The number of aromatic hydroxyl groups is 1. The Hall–Kier alpha value is -2.01. The highest BCUT2D eigenvalue weighted by atomic mass is 17.2. The van der Waals surface area contributed by atoms with Crippen molar-refractivity contribution in [3.63, 3.8) is 0 Å². The van der Waals surface area contributed by atoms with E-state index in [1.807, 2.05) is 12.1 Å². The summed E-state index contributed by atoms with van der Waals surface area (Å²) in [6.45, 7) is 5.63. The number of phenols is 1. The molecule has 0 saturated heterocycles. The van der Waals surface area contributed by atoms with E-state index in [9.17, 15) is 15.0 Å². The quantitative estimate of drug-likeness (QED) is 0.370. The largest absolute Gasteiger partial charge is 0.509 e. The van der Waals surface area contributed by atoms with Gasteiger partial charge in [0.2, 0.25) is 0 Å². The first-order chi connectivity index (χ1) is 13.3. The van der Waals surface area contributed by atoms with Crippen LogP contribution in [-0.2, 0) is 21.0 Å². The van der Waals surface area contributed by atoms with Crippen LogP contribution in [0, 0.1) is 5.92 Å². The molecule has 2 unspecified atom stereocenters. The summed E-state index contributed by atoms with van der Waals surface area (Å²) in [5, 5.41) is 19.5. The lowest BCUT2D eigenvalue weighted by Crippen LogP contribution is -2.38. The van der Waals surface area contributed by atoms with Crippen molar-refractivity contribution in [1.82, 2.24) is 0 Å². The van der Waals surface area contributed by atoms with Gasteiger partial charge in [0.15, 0.2) is 5.60 Å². The van der Waals surface area contributed by atoms with E-state index in [0.29, 0.717) is 18.1 Å². The van der Waals surface area contributed by atoms with Crippen LogP contribution >= 0.6 is 0 Å². The van der Waals surface area contributed by atoms with Gasteiger partial charge < -0.3 is 10.2 Å². The third-order valence-electron chi connectivity index (χ3n) is 5.66. The first-order valence-corrected chi connectivity index (χ1v) is 10.4. The normalized spacial score (nSPS) is 20.9. The van der Waals surface area contributed by atoms with E-state index in [2.05, 4.69) is 6.92 Å². The minimum atomic E-state index is -0.919. The molecule has 0 saturated carbocycles. The van der Waals surface area contributed by atoms with Gasteiger partial charge in [-0.25, -0.2) is 4.79 Å². The minimum Gasteiger partial charge on any atom is -0.509 e. The molecule has 0 spiro atoms. The summed E-state index contributed by atoms with van der Waals surface area (Å²) >= 11 is 0. The Bertz CT molecular complexity index is 664. The Balaban J connectivity index is 1.55. The van der Waals surface area contributed by atoms with Crippen molar-refractivity contribution in [2.75, 3.05) is 0 Å². The smallest absolute Gasteiger partial charge is 0.372 e. The van der Waals surface area contributed by atoms with Gasteiger partial charge in [-0.2, -0.15) is 4.89 Å². The van der Waals surface area contributed by atoms with Gasteiger partial charge in [0.1, 0.15) is 11.5 Å². The summed E-state index contributed by atoms with van der Waals surface area (Å²) < 4.78 is 0. The van der Waals surface area contributed by atoms with Crippen molar-refractivity contribution < 1.29 is 24.8 Å². The zero-order chi connectivity index (χ0) is 20.6. The third-order valence-corrected chi connectivity index (χ3v) is 5.66. The van der Waals surface area contributed by atoms with Crippen molar-refractivity contribution in [2.24, 2.45) is 5.92 Å². The lowest BCUT2D eigenvalue weighted by molar-refractivity contribution is -0.331. The van der Waals surface area contributed by atoms with Crippen LogP contribution in [0.25, 0.3) is 0 Å². The second kappa shape index (κ2) is 10.5. The molecule has 156 valence electrons. The fourth-order valence-electron chi connectivity index (χ4n) is 3.65. The zero-order valence-corrected chi connectivity index (χ0v) is 17.4. The SMILES string of the molecule is CC1=C(O)C(C)(CCCCCC(C)CCCCc2ccc(O)cc2)OOC1=O. The summed E-state index contributed by atoms with van der Waals surface area (Å²) in [6.07, 6.45) is 9.65. The van der Waals surface area contributed by atoms with Crippen molar-refractivity contribution in [1.29, 1.82) is 0 Å². The van der Waals surface area contributed by atoms with Gasteiger partial charge in [-0.15, -0.1) is 0 Å². The van der Waals surface area contributed by atoms with Crippen LogP contribution < -0.4 is 0 Å². The van der Waals surface area contributed by atoms with Gasteiger partial charge in [0, 0.05) is 0 Å². The number of unbranched alkanes of at least 4 members (excludes halogenated alkanes) is 3. The Morgan fingerprint density at radius 2 is 1.64 bits per heavy atom. The summed E-state index contributed by atoms with van der Waals surface area (Å²) in [6, 6.07) is 7.48. The molecule has 0 aliphatic carbocycles. The van der Waals surface area contributed by atoms with Crippen LogP contribution in [0.5, 0.6) is 5.75 Å². The maximum atomic E-state index is 11.4. The van der Waals surface area contributed by atoms with Crippen LogP contribution in [-0.4, -0.2) is 21.8 Å². The van der Waals surface area contributed by atoms with Crippen LogP contribution in [0.3, 0.4) is 0 Å². The Morgan fingerprint density at radius 3 is 2.32 bits per heavy atom. The van der Waals surface area contributed by atoms with Gasteiger partial charge in [-0.1, -0.05) is 51.2 Å². The van der Waals surface area contributed by atoms with E-state index in [0.717, 1.165) is 25.7 Å². The maximum absolute atomic E-state index is 11.4. The average molecular weight is 391 g/mol. The summed E-state index contributed by atoms with van der Waals surface area (Å²) in [5.74, 6) is 0.404. The van der Waals surface area contributed by atoms with E-state index >= 15 is 0 Å². The van der Waals surface area contributed by atoms with E-state index in [1.165, 1.54) is 31.2 Å². The fourth-order valence-corrected chi connectivity index (χ4v) is 3.65. The first-order valence-electron chi connectivity index (χ1n) is 10.4. The lowest BCUT2D eigenvalue weighted by Gasteiger charge is -2.31. The predicted molar refractivity (Wildman–Crippen MR) is 109 cm³/mol. The number of aliphatic hydroxyl groups is 1. The molecule has 0 fully saturated rings. The van der Waals surface area contributed by atoms with Crippen LogP contribution in [0.15, 0.2) is 35.6 Å². The second-order valence-corrected chi connectivity index (χ2v) is 8.28. The monoisotopic (exact) mass is 390 g/mol. The van der Waals surface area contributed by atoms with Crippen LogP contribution in [0.2, 0.25) is 0 Å². The number of aryl methyl sites for hydroxylation is 1. The Kier molecular flexibility index (Phi) is 8.36. The molecule has 0 radical (unpaired) electrons. The van der Waals surface area contributed by atoms with E-state index in [1.54, 1.807) is 26.0 Å². The average Bonchev–Trinajstić information content (AvgIpc) is 2.68. The Morgan fingerprint density at radius 1 is 1.00 bits per heavy atom. The molecule has 0 aromatic heterocycles. The number of carbonyl (C=O) groups excluding carboxylic acids is 1. The first kappa shape index (κ1) is 22.3. The standard InChI is InChI=1S/C23H34O5/c1-17(10-6-7-11-19-12-14-20(24)15-13-19)9-5-4-8-16-23(3)21(25)18(2)22(26)27-28-23/h12-15,17,24-25H,4-11,16H2,1-3H3. The van der Waals surface area contributed by atoms with Crippen molar-refractivity contribution in [3.8, 4) is 5.75 Å². The molecule has 1 heterocycles. The van der Waals surface area contributed by atoms with E-state index < -0.39 is 11.6 Å². The molecule has 2 atom stereocenters. The molecule has 2 rings (SSSR count). The number of aliphatic hydroxyl groups excluding tert-OH is 1. The van der Waals surface area contributed by atoms with Crippen LogP contribution in [0.4, 0.5) is 0 Å². The second-order valence-electron chi connectivity index (χ2n) is 8.28. The van der Waals surface area contributed by atoms with Gasteiger partial charge >= 0.3 is 5.97 Å². The number of phenolic OH excluding ortho intramolecular Hbond substituents is 1. The molecule has 1 aromatic carbocycles. The molecule has 1 aromatic rings. The molecular weight excluding hydrogens is 356 g/mol. The molecule has 0 bridgehead atoms. The third kappa shape index (κ3) is 6.55. The highest BCUT2D eigenvalue weighted by molar-refractivity contribution is 5.88. The maximum Gasteiger partial charge on any atom is 0.372 e. The summed E-state index contributed by atoms with van der Waals surface area (Å²) in [4.78, 5) is 21.2. The minimum absolute atomic E-state index is 0.00857. The van der Waals surface area contributed by atoms with Gasteiger partial charge in [-0.05, 0) is 63.1 Å². The van der Waals surface area contributed by atoms with Gasteiger partial charge in [0.25, 0.3) is 0 Å². The van der Waals surface area contributed by atoms with E-state index in [4.69, 9.17) is 9.78 Å². The van der Waals surface area contributed by atoms with E-state index in [-0.39, 0.29) is 11.3 Å². The molecule has 28 heavy (non-hydrogen) atoms. The number of carbonyl (C=O) groups is 1. The molecular formula is C23H34O5. The van der Waals surface area contributed by atoms with Crippen molar-refractivity contribution in [3.05, 3.63) is 41.2 Å². The number of hydrogen-bond acceptors (Lipinski definition) is 5. The molecule has 1 aliphatic heterocycles. The number of rotatable bonds is 11. The Labute approximate surface area is 168 Å². The predicted octanol–water partition coefficient (Wildman–Crippen LogP) is 5.77. The lowest BCUT2D eigenvalue weighted by atomic mass is 9.91. The molecule has 0 amide bonds. The van der Waals surface area contributed by atoms with Crippen LogP contribution in [0.1, 0.15) is 77.7 Å². The topological polar surface area (TPSA) is 76.0 Å². The zero-order valence-electron chi connectivity index (χ0n) is 17.4. The highest BCUT2D eigenvalue weighted by Crippen LogP contribution is 2.33. The molecule has 5 nitrogen and oxygen atoms in total. The highest BCUT2D eigenvalue weighted by Gasteiger charge is 2.40.